The van der Waals surface area contributed by atoms with Crippen molar-refractivity contribution in [3.8, 4) is 11.5 Å². The molecule has 1 amide bonds. The summed E-state index contributed by atoms with van der Waals surface area (Å²) < 4.78 is 16.5. The number of amides is 1. The normalized spacial score (nSPS) is 28.8. The van der Waals surface area contributed by atoms with Crippen LogP contribution in [0.15, 0.2) is 18.2 Å². The molecule has 1 aromatic carbocycles. The molecule has 0 unspecified atom stereocenters. The van der Waals surface area contributed by atoms with E-state index >= 15 is 0 Å². The van der Waals surface area contributed by atoms with Crippen molar-refractivity contribution >= 4 is 5.91 Å². The SMILES string of the molecule is CC(C)COc1cc(O)cc(C(=O)N[C@@H]2CO[C@H]3[C@@H]2OC[C@H]3O)c1. The molecule has 1 aromatic rings. The second-order valence-corrected chi connectivity index (χ2v) is 6.66. The number of ether oxygens (including phenoxy) is 3. The molecule has 0 saturated carbocycles. The van der Waals surface area contributed by atoms with E-state index in [1.165, 1.54) is 12.1 Å². The van der Waals surface area contributed by atoms with E-state index in [1.54, 1.807) is 6.07 Å². The Morgan fingerprint density at radius 3 is 2.79 bits per heavy atom. The van der Waals surface area contributed by atoms with Crippen LogP contribution in [-0.4, -0.2) is 60.3 Å². The number of aliphatic hydroxyl groups excluding tert-OH is 1. The van der Waals surface area contributed by atoms with Gasteiger partial charge in [-0.15, -0.1) is 0 Å². The first kappa shape index (κ1) is 17.0. The zero-order valence-electron chi connectivity index (χ0n) is 13.8. The first-order valence-corrected chi connectivity index (χ1v) is 8.13. The topological polar surface area (TPSA) is 97.3 Å². The maximum Gasteiger partial charge on any atom is 0.251 e. The zero-order chi connectivity index (χ0) is 17.3. The fourth-order valence-electron chi connectivity index (χ4n) is 2.92. The van der Waals surface area contributed by atoms with Crippen molar-refractivity contribution in [1.82, 2.24) is 5.32 Å². The lowest BCUT2D eigenvalue weighted by Gasteiger charge is -2.18. The predicted molar refractivity (Wildman–Crippen MR) is 85.2 cm³/mol. The van der Waals surface area contributed by atoms with Crippen LogP contribution in [0.25, 0.3) is 0 Å². The fraction of sp³-hybridized carbons (Fsp3) is 0.588. The summed E-state index contributed by atoms with van der Waals surface area (Å²) in [5.74, 6) is 0.402. The maximum atomic E-state index is 12.5. The number of hydrogen-bond donors (Lipinski definition) is 3. The molecule has 24 heavy (non-hydrogen) atoms. The van der Waals surface area contributed by atoms with Crippen LogP contribution in [0.1, 0.15) is 24.2 Å². The molecule has 132 valence electrons. The van der Waals surface area contributed by atoms with E-state index in [1.807, 2.05) is 13.8 Å². The average Bonchev–Trinajstić information content (AvgIpc) is 3.09. The molecule has 2 fully saturated rings. The Morgan fingerprint density at radius 2 is 2.04 bits per heavy atom. The second-order valence-electron chi connectivity index (χ2n) is 6.66. The number of aromatic hydroxyl groups is 1. The van der Waals surface area contributed by atoms with Crippen molar-refractivity contribution in [2.75, 3.05) is 19.8 Å². The fourth-order valence-corrected chi connectivity index (χ4v) is 2.92. The highest BCUT2D eigenvalue weighted by Crippen LogP contribution is 2.28. The van der Waals surface area contributed by atoms with Crippen LogP contribution in [-0.2, 0) is 9.47 Å². The molecule has 3 N–H and O–H groups in total. The minimum atomic E-state index is -0.659. The number of benzene rings is 1. The molecular weight excluding hydrogens is 314 g/mol. The van der Waals surface area contributed by atoms with Gasteiger partial charge in [-0.3, -0.25) is 4.79 Å². The van der Waals surface area contributed by atoms with E-state index in [-0.39, 0.29) is 37.0 Å². The van der Waals surface area contributed by atoms with Gasteiger partial charge < -0.3 is 29.7 Å². The summed E-state index contributed by atoms with van der Waals surface area (Å²) in [6.45, 7) is 5.02. The summed E-state index contributed by atoms with van der Waals surface area (Å²) in [6, 6.07) is 4.12. The number of rotatable bonds is 5. The average molecular weight is 337 g/mol. The van der Waals surface area contributed by atoms with Crippen LogP contribution in [0.4, 0.5) is 0 Å². The van der Waals surface area contributed by atoms with Crippen LogP contribution >= 0.6 is 0 Å². The molecule has 0 spiro atoms. The predicted octanol–water partition coefficient (Wildman–Crippen LogP) is 0.684. The molecule has 7 nitrogen and oxygen atoms in total. The lowest BCUT2D eigenvalue weighted by atomic mass is 10.1. The summed E-state index contributed by atoms with van der Waals surface area (Å²) in [5, 5.41) is 22.4. The van der Waals surface area contributed by atoms with E-state index in [2.05, 4.69) is 5.32 Å². The van der Waals surface area contributed by atoms with Crippen molar-refractivity contribution in [2.45, 2.75) is 38.2 Å². The first-order valence-electron chi connectivity index (χ1n) is 8.13. The molecule has 2 heterocycles. The lowest BCUT2D eigenvalue weighted by Crippen LogP contribution is -2.44. The second kappa shape index (κ2) is 6.96. The summed E-state index contributed by atoms with van der Waals surface area (Å²) in [6.07, 6.45) is -1.41. The number of phenolic OH excluding ortho intramolecular Hbond substituents is 1. The lowest BCUT2D eigenvalue weighted by molar-refractivity contribution is 0.0178. The summed E-state index contributed by atoms with van der Waals surface area (Å²) in [7, 11) is 0. The first-order chi connectivity index (χ1) is 11.4. The third-order valence-corrected chi connectivity index (χ3v) is 4.08. The Morgan fingerprint density at radius 1 is 1.29 bits per heavy atom. The summed E-state index contributed by atoms with van der Waals surface area (Å²) >= 11 is 0. The van der Waals surface area contributed by atoms with Crippen LogP contribution in [0.2, 0.25) is 0 Å². The van der Waals surface area contributed by atoms with E-state index < -0.39 is 12.2 Å². The molecular formula is C17H23NO6. The molecule has 2 aliphatic rings. The van der Waals surface area contributed by atoms with E-state index in [9.17, 15) is 15.0 Å². The van der Waals surface area contributed by atoms with Gasteiger partial charge in [-0.25, -0.2) is 0 Å². The Kier molecular flexibility index (Phi) is 4.93. The van der Waals surface area contributed by atoms with Crippen molar-refractivity contribution < 1.29 is 29.2 Å². The molecule has 0 aliphatic carbocycles. The van der Waals surface area contributed by atoms with Crippen molar-refractivity contribution in [2.24, 2.45) is 5.92 Å². The number of fused-ring (bicyclic) bond motifs is 1. The number of hydrogen-bond acceptors (Lipinski definition) is 6. The summed E-state index contributed by atoms with van der Waals surface area (Å²) in [4.78, 5) is 12.5. The van der Waals surface area contributed by atoms with Crippen LogP contribution in [0.5, 0.6) is 11.5 Å². The van der Waals surface area contributed by atoms with E-state index in [4.69, 9.17) is 14.2 Å². The van der Waals surface area contributed by atoms with Gasteiger partial charge in [0.15, 0.2) is 0 Å². The van der Waals surface area contributed by atoms with E-state index in [0.717, 1.165) is 0 Å². The van der Waals surface area contributed by atoms with Crippen molar-refractivity contribution in [3.05, 3.63) is 23.8 Å². The van der Waals surface area contributed by atoms with Gasteiger partial charge in [-0.2, -0.15) is 0 Å². The monoisotopic (exact) mass is 337 g/mol. The highest BCUT2D eigenvalue weighted by atomic mass is 16.6. The van der Waals surface area contributed by atoms with Crippen molar-refractivity contribution in [1.29, 1.82) is 0 Å². The largest absolute Gasteiger partial charge is 0.508 e. The highest BCUT2D eigenvalue weighted by Gasteiger charge is 2.47. The van der Waals surface area contributed by atoms with Gasteiger partial charge in [0, 0.05) is 11.6 Å². The molecule has 0 aromatic heterocycles. The minimum Gasteiger partial charge on any atom is -0.508 e. The molecule has 2 saturated heterocycles. The molecule has 3 rings (SSSR count). The van der Waals surface area contributed by atoms with Crippen molar-refractivity contribution in [3.63, 3.8) is 0 Å². The van der Waals surface area contributed by atoms with Gasteiger partial charge in [-0.05, 0) is 18.1 Å². The van der Waals surface area contributed by atoms with Crippen LogP contribution in [0.3, 0.4) is 0 Å². The molecule has 7 heteroatoms. The molecule has 2 aliphatic heterocycles. The van der Waals surface area contributed by atoms with Crippen LogP contribution < -0.4 is 10.1 Å². The Hall–Kier alpha value is -1.83. The maximum absolute atomic E-state index is 12.5. The third-order valence-electron chi connectivity index (χ3n) is 4.08. The number of carbonyl (C=O) groups excluding carboxylic acids is 1. The Bertz CT molecular complexity index is 605. The quantitative estimate of drug-likeness (QED) is 0.731. The molecule has 4 atom stereocenters. The van der Waals surface area contributed by atoms with Gasteiger partial charge in [0.1, 0.15) is 29.8 Å². The van der Waals surface area contributed by atoms with Gasteiger partial charge in [0.05, 0.1) is 25.9 Å². The minimum absolute atomic E-state index is 0.0329. The van der Waals surface area contributed by atoms with Gasteiger partial charge >= 0.3 is 0 Å². The van der Waals surface area contributed by atoms with Gasteiger partial charge in [-0.1, -0.05) is 13.8 Å². The number of carbonyl (C=O) groups is 1. The Labute approximate surface area is 140 Å². The highest BCUT2D eigenvalue weighted by molar-refractivity contribution is 5.95. The standard InChI is InChI=1S/C17H23NO6/c1-9(2)6-22-12-4-10(3-11(19)5-12)17(21)18-13-7-23-16-14(20)8-24-15(13)16/h3-5,9,13-16,19-20H,6-8H2,1-2H3,(H,18,21)/t13-,14-,15-,16-/m1/s1. The smallest absolute Gasteiger partial charge is 0.251 e. The van der Waals surface area contributed by atoms with Gasteiger partial charge in [0.2, 0.25) is 0 Å². The Balaban J connectivity index is 1.66. The number of aliphatic hydroxyl groups is 1. The number of phenols is 1. The zero-order valence-corrected chi connectivity index (χ0v) is 13.8. The molecule has 0 radical (unpaired) electrons. The third kappa shape index (κ3) is 3.63. The van der Waals surface area contributed by atoms with Crippen LogP contribution in [0, 0.1) is 5.92 Å². The van der Waals surface area contributed by atoms with Gasteiger partial charge in [0.25, 0.3) is 5.91 Å². The molecule has 0 bridgehead atoms. The van der Waals surface area contributed by atoms with E-state index in [0.29, 0.717) is 23.8 Å². The summed E-state index contributed by atoms with van der Waals surface area (Å²) in [5.41, 5.74) is 0.302. The number of nitrogens with one attached hydrogen (secondary N) is 1.